The smallest absolute Gasteiger partial charge is 0.226 e. The molecule has 1 aliphatic heterocycles. The van der Waals surface area contributed by atoms with Crippen molar-refractivity contribution >= 4 is 22.9 Å². The van der Waals surface area contributed by atoms with Crippen LogP contribution in [0.1, 0.15) is 13.8 Å². The summed E-state index contributed by atoms with van der Waals surface area (Å²) in [5.74, 6) is 1.52. The van der Waals surface area contributed by atoms with Crippen molar-refractivity contribution in [1.29, 1.82) is 0 Å². The Bertz CT molecular complexity index is 568. The van der Waals surface area contributed by atoms with Crippen LogP contribution >= 0.6 is 0 Å². The third kappa shape index (κ3) is 2.33. The van der Waals surface area contributed by atoms with Gasteiger partial charge < -0.3 is 19.9 Å². The molecule has 1 unspecified atom stereocenters. The largest absolute Gasteiger partial charge is 0.375 e. The molecule has 0 bridgehead atoms. The number of hydrogen-bond donors (Lipinski definition) is 2. The molecule has 7 heteroatoms. The molecule has 1 fully saturated rings. The number of anilines is 2. The van der Waals surface area contributed by atoms with Gasteiger partial charge in [0.2, 0.25) is 5.95 Å². The second kappa shape index (κ2) is 5.00. The number of imidazole rings is 1. The maximum absolute atomic E-state index is 5.57. The van der Waals surface area contributed by atoms with Crippen LogP contribution in [0.5, 0.6) is 0 Å². The lowest BCUT2D eigenvalue weighted by atomic mass is 10.3. The van der Waals surface area contributed by atoms with Crippen LogP contribution in [0.4, 0.5) is 11.8 Å². The fraction of sp³-hybridized carbons (Fsp3) is 0.583. The molecule has 0 saturated carbocycles. The molecule has 1 atom stereocenters. The van der Waals surface area contributed by atoms with Gasteiger partial charge in [0.25, 0.3) is 0 Å². The monoisotopic (exact) mass is 262 g/mol. The van der Waals surface area contributed by atoms with Crippen LogP contribution in [0, 0.1) is 0 Å². The second-order valence-electron chi connectivity index (χ2n) is 4.63. The Morgan fingerprint density at radius 2 is 2.42 bits per heavy atom. The zero-order chi connectivity index (χ0) is 13.2. The van der Waals surface area contributed by atoms with Crippen molar-refractivity contribution in [2.24, 2.45) is 0 Å². The lowest BCUT2D eigenvalue weighted by Gasteiger charge is -2.32. The number of nitrogens with one attached hydrogen (secondary N) is 2. The molecule has 1 saturated heterocycles. The molecule has 102 valence electrons. The van der Waals surface area contributed by atoms with E-state index >= 15 is 0 Å². The number of rotatable bonds is 3. The highest BCUT2D eigenvalue weighted by Crippen LogP contribution is 2.24. The predicted octanol–water partition coefficient (Wildman–Crippen LogP) is 1.01. The number of fused-ring (bicyclic) bond motifs is 1. The molecule has 7 nitrogen and oxygen atoms in total. The molecule has 0 aromatic carbocycles. The third-order valence-electron chi connectivity index (χ3n) is 3.14. The summed E-state index contributed by atoms with van der Waals surface area (Å²) in [7, 11) is 0. The molecule has 1 aliphatic rings. The summed E-state index contributed by atoms with van der Waals surface area (Å²) in [6.07, 6.45) is 1.87. The van der Waals surface area contributed by atoms with Gasteiger partial charge >= 0.3 is 0 Å². The first-order chi connectivity index (χ1) is 9.28. The lowest BCUT2D eigenvalue weighted by molar-refractivity contribution is 0.0530. The first-order valence-corrected chi connectivity index (χ1v) is 6.59. The average molecular weight is 262 g/mol. The van der Waals surface area contributed by atoms with Crippen LogP contribution in [0.3, 0.4) is 0 Å². The first kappa shape index (κ1) is 12.2. The van der Waals surface area contributed by atoms with Crippen molar-refractivity contribution in [2.45, 2.75) is 20.0 Å². The van der Waals surface area contributed by atoms with Gasteiger partial charge in [0.05, 0.1) is 19.0 Å². The van der Waals surface area contributed by atoms with Crippen LogP contribution in [-0.4, -0.2) is 52.3 Å². The van der Waals surface area contributed by atoms with Crippen LogP contribution in [0.25, 0.3) is 11.2 Å². The van der Waals surface area contributed by atoms with E-state index in [0.29, 0.717) is 11.6 Å². The van der Waals surface area contributed by atoms with E-state index in [0.717, 1.165) is 37.6 Å². The topological polar surface area (TPSA) is 79.0 Å². The van der Waals surface area contributed by atoms with Gasteiger partial charge in [0.1, 0.15) is 5.52 Å². The van der Waals surface area contributed by atoms with Gasteiger partial charge in [-0.15, -0.1) is 0 Å². The van der Waals surface area contributed by atoms with Crippen molar-refractivity contribution in [3.63, 3.8) is 0 Å². The summed E-state index contributed by atoms with van der Waals surface area (Å²) in [6.45, 7) is 7.27. The van der Waals surface area contributed by atoms with Crippen LogP contribution in [-0.2, 0) is 4.74 Å². The summed E-state index contributed by atoms with van der Waals surface area (Å²) < 4.78 is 5.57. The quantitative estimate of drug-likeness (QED) is 0.859. The molecule has 0 spiro atoms. The van der Waals surface area contributed by atoms with Crippen LogP contribution < -0.4 is 10.2 Å². The molecule has 0 amide bonds. The Balaban J connectivity index is 2.02. The van der Waals surface area contributed by atoms with E-state index in [1.807, 2.05) is 6.92 Å². The van der Waals surface area contributed by atoms with Crippen molar-refractivity contribution < 1.29 is 4.74 Å². The van der Waals surface area contributed by atoms with Gasteiger partial charge in [-0.25, -0.2) is 4.98 Å². The minimum atomic E-state index is 0.212. The first-order valence-electron chi connectivity index (χ1n) is 6.59. The second-order valence-corrected chi connectivity index (χ2v) is 4.63. The maximum atomic E-state index is 5.57. The van der Waals surface area contributed by atoms with Crippen molar-refractivity contribution in [3.8, 4) is 0 Å². The Kier molecular flexibility index (Phi) is 3.20. The van der Waals surface area contributed by atoms with Gasteiger partial charge in [-0.3, -0.25) is 0 Å². The Morgan fingerprint density at radius 3 is 3.21 bits per heavy atom. The summed E-state index contributed by atoms with van der Waals surface area (Å²) in [5.41, 5.74) is 1.58. The highest BCUT2D eigenvalue weighted by atomic mass is 16.5. The van der Waals surface area contributed by atoms with E-state index < -0.39 is 0 Å². The summed E-state index contributed by atoms with van der Waals surface area (Å²) in [5, 5.41) is 3.15. The lowest BCUT2D eigenvalue weighted by Crippen LogP contribution is -2.41. The molecular formula is C12H18N6O. The summed E-state index contributed by atoms with van der Waals surface area (Å²) >= 11 is 0. The number of nitrogens with zero attached hydrogens (tertiary/aromatic N) is 4. The predicted molar refractivity (Wildman–Crippen MR) is 73.5 cm³/mol. The van der Waals surface area contributed by atoms with Gasteiger partial charge in [0, 0.05) is 19.6 Å². The van der Waals surface area contributed by atoms with Crippen molar-refractivity contribution in [2.75, 3.05) is 36.5 Å². The van der Waals surface area contributed by atoms with E-state index in [-0.39, 0.29) is 6.10 Å². The molecule has 3 heterocycles. The standard InChI is InChI=1S/C12H18N6O/c1-3-13-12-16-10-9(14-7-15-10)11(17-12)18-4-5-19-8(2)6-18/h7-8H,3-6H2,1-2H3,(H2,13,14,15,16,17). The molecule has 2 aromatic heterocycles. The van der Waals surface area contributed by atoms with E-state index in [2.05, 4.69) is 37.1 Å². The fourth-order valence-corrected chi connectivity index (χ4v) is 2.29. The SMILES string of the molecule is CCNc1nc(N2CCOC(C)C2)c2[nH]cnc2n1. The van der Waals surface area contributed by atoms with Crippen LogP contribution in [0.2, 0.25) is 0 Å². The van der Waals surface area contributed by atoms with E-state index in [4.69, 9.17) is 4.74 Å². The van der Waals surface area contributed by atoms with Gasteiger partial charge in [0.15, 0.2) is 11.5 Å². The number of hydrogen-bond acceptors (Lipinski definition) is 6. The Labute approximate surface area is 111 Å². The molecular weight excluding hydrogens is 244 g/mol. The zero-order valence-electron chi connectivity index (χ0n) is 11.2. The third-order valence-corrected chi connectivity index (χ3v) is 3.14. The number of ether oxygens (including phenoxy) is 1. The molecule has 0 aliphatic carbocycles. The normalized spacial score (nSPS) is 19.9. The highest BCUT2D eigenvalue weighted by molar-refractivity contribution is 5.84. The van der Waals surface area contributed by atoms with E-state index in [9.17, 15) is 0 Å². The summed E-state index contributed by atoms with van der Waals surface area (Å²) in [4.78, 5) is 18.5. The average Bonchev–Trinajstić information content (AvgIpc) is 2.86. The Hall–Kier alpha value is -1.89. The van der Waals surface area contributed by atoms with Gasteiger partial charge in [-0.05, 0) is 13.8 Å². The van der Waals surface area contributed by atoms with E-state index in [1.165, 1.54) is 0 Å². The van der Waals surface area contributed by atoms with Crippen molar-refractivity contribution in [1.82, 2.24) is 19.9 Å². The fourth-order valence-electron chi connectivity index (χ4n) is 2.29. The van der Waals surface area contributed by atoms with E-state index in [1.54, 1.807) is 6.33 Å². The number of aromatic amines is 1. The van der Waals surface area contributed by atoms with Gasteiger partial charge in [-0.2, -0.15) is 9.97 Å². The molecule has 2 N–H and O–H groups in total. The minimum absolute atomic E-state index is 0.212. The molecule has 2 aromatic rings. The van der Waals surface area contributed by atoms with Crippen molar-refractivity contribution in [3.05, 3.63) is 6.33 Å². The number of morpholine rings is 1. The minimum Gasteiger partial charge on any atom is -0.375 e. The Morgan fingerprint density at radius 1 is 1.53 bits per heavy atom. The summed E-state index contributed by atoms with van der Waals surface area (Å²) in [6, 6.07) is 0. The van der Waals surface area contributed by atoms with Crippen LogP contribution in [0.15, 0.2) is 6.33 Å². The molecule has 0 radical (unpaired) electrons. The zero-order valence-corrected chi connectivity index (χ0v) is 11.2. The number of H-pyrrole nitrogens is 1. The highest BCUT2D eigenvalue weighted by Gasteiger charge is 2.21. The number of aromatic nitrogens is 4. The van der Waals surface area contributed by atoms with Gasteiger partial charge in [-0.1, -0.05) is 0 Å². The maximum Gasteiger partial charge on any atom is 0.226 e. The molecule has 3 rings (SSSR count). The molecule has 19 heavy (non-hydrogen) atoms.